The number of hydrogen-bond donors (Lipinski definition) is 1. The van der Waals surface area contributed by atoms with Gasteiger partial charge in [-0.2, -0.15) is 0 Å². The molecule has 0 saturated carbocycles. The standard InChI is InChI=1S/C16H33N3/c1-2-3-7-16(14-17)19-12-8-15(9-13-19)18-10-5-4-6-11-18/h15-16H,2-14,17H2,1H3. The van der Waals surface area contributed by atoms with Gasteiger partial charge in [-0.3, -0.25) is 4.90 Å². The molecule has 2 fully saturated rings. The van der Waals surface area contributed by atoms with E-state index in [4.69, 9.17) is 5.73 Å². The van der Waals surface area contributed by atoms with Crippen molar-refractivity contribution in [2.75, 3.05) is 32.7 Å². The summed E-state index contributed by atoms with van der Waals surface area (Å²) in [7, 11) is 0. The molecule has 0 amide bonds. The van der Waals surface area contributed by atoms with Gasteiger partial charge in [0.2, 0.25) is 0 Å². The van der Waals surface area contributed by atoms with Gasteiger partial charge in [-0.05, 0) is 58.3 Å². The second kappa shape index (κ2) is 8.23. The lowest BCUT2D eigenvalue weighted by molar-refractivity contribution is 0.0711. The number of nitrogens with zero attached hydrogens (tertiary/aromatic N) is 2. The highest BCUT2D eigenvalue weighted by Gasteiger charge is 2.27. The van der Waals surface area contributed by atoms with Gasteiger partial charge in [-0.1, -0.05) is 26.2 Å². The molecule has 2 aliphatic heterocycles. The minimum absolute atomic E-state index is 0.641. The monoisotopic (exact) mass is 267 g/mol. The molecule has 2 saturated heterocycles. The molecule has 2 rings (SSSR count). The Hall–Kier alpha value is -0.120. The average molecular weight is 267 g/mol. The summed E-state index contributed by atoms with van der Waals surface area (Å²) >= 11 is 0. The summed E-state index contributed by atoms with van der Waals surface area (Å²) < 4.78 is 0. The van der Waals surface area contributed by atoms with Crippen LogP contribution in [0.4, 0.5) is 0 Å². The molecule has 3 nitrogen and oxygen atoms in total. The van der Waals surface area contributed by atoms with Crippen LogP contribution in [0.2, 0.25) is 0 Å². The first-order chi connectivity index (χ1) is 9.35. The number of piperidine rings is 2. The number of likely N-dealkylation sites (tertiary alicyclic amines) is 2. The minimum Gasteiger partial charge on any atom is -0.329 e. The van der Waals surface area contributed by atoms with Crippen molar-refractivity contribution in [3.05, 3.63) is 0 Å². The Kier molecular flexibility index (Phi) is 6.62. The van der Waals surface area contributed by atoms with Gasteiger partial charge in [-0.25, -0.2) is 0 Å². The summed E-state index contributed by atoms with van der Waals surface area (Å²) in [5.41, 5.74) is 5.97. The molecule has 2 heterocycles. The van der Waals surface area contributed by atoms with E-state index in [0.717, 1.165) is 12.6 Å². The second-order valence-electron chi connectivity index (χ2n) is 6.40. The first-order valence-corrected chi connectivity index (χ1v) is 8.53. The van der Waals surface area contributed by atoms with Crippen LogP contribution in [-0.4, -0.2) is 54.6 Å². The van der Waals surface area contributed by atoms with E-state index in [-0.39, 0.29) is 0 Å². The molecule has 112 valence electrons. The van der Waals surface area contributed by atoms with Gasteiger partial charge in [0.05, 0.1) is 0 Å². The van der Waals surface area contributed by atoms with Gasteiger partial charge in [0, 0.05) is 18.6 Å². The van der Waals surface area contributed by atoms with Crippen molar-refractivity contribution in [1.82, 2.24) is 9.80 Å². The Morgan fingerprint density at radius 1 is 1.05 bits per heavy atom. The van der Waals surface area contributed by atoms with Crippen molar-refractivity contribution in [2.45, 2.75) is 70.4 Å². The maximum atomic E-state index is 5.97. The van der Waals surface area contributed by atoms with Crippen LogP contribution in [0.15, 0.2) is 0 Å². The van der Waals surface area contributed by atoms with E-state index in [9.17, 15) is 0 Å². The molecule has 2 aliphatic rings. The molecule has 1 unspecified atom stereocenters. The number of hydrogen-bond acceptors (Lipinski definition) is 3. The first kappa shape index (κ1) is 15.3. The minimum atomic E-state index is 0.641. The largest absolute Gasteiger partial charge is 0.329 e. The number of rotatable bonds is 6. The molecule has 0 aromatic carbocycles. The fourth-order valence-electron chi connectivity index (χ4n) is 3.79. The third kappa shape index (κ3) is 4.44. The van der Waals surface area contributed by atoms with E-state index < -0.39 is 0 Å². The van der Waals surface area contributed by atoms with Gasteiger partial charge < -0.3 is 10.6 Å². The van der Waals surface area contributed by atoms with Gasteiger partial charge in [0.25, 0.3) is 0 Å². The van der Waals surface area contributed by atoms with Gasteiger partial charge >= 0.3 is 0 Å². The van der Waals surface area contributed by atoms with Crippen LogP contribution < -0.4 is 5.73 Å². The average Bonchev–Trinajstić information content (AvgIpc) is 2.49. The molecule has 0 bridgehead atoms. The molecule has 3 heteroatoms. The summed E-state index contributed by atoms with van der Waals surface area (Å²) in [5, 5.41) is 0. The van der Waals surface area contributed by atoms with Crippen molar-refractivity contribution in [3.63, 3.8) is 0 Å². The summed E-state index contributed by atoms with van der Waals surface area (Å²) in [6.07, 6.45) is 10.9. The van der Waals surface area contributed by atoms with E-state index >= 15 is 0 Å². The van der Waals surface area contributed by atoms with E-state index in [1.54, 1.807) is 0 Å². The molecule has 0 aromatic heterocycles. The van der Waals surface area contributed by atoms with E-state index in [1.807, 2.05) is 0 Å². The van der Waals surface area contributed by atoms with Crippen LogP contribution in [0.25, 0.3) is 0 Å². The zero-order chi connectivity index (χ0) is 13.5. The third-order valence-electron chi connectivity index (χ3n) is 5.09. The number of unbranched alkanes of at least 4 members (excludes halogenated alkanes) is 1. The van der Waals surface area contributed by atoms with Crippen molar-refractivity contribution >= 4 is 0 Å². The van der Waals surface area contributed by atoms with Crippen LogP contribution in [0, 0.1) is 0 Å². The Morgan fingerprint density at radius 2 is 1.74 bits per heavy atom. The molecular weight excluding hydrogens is 234 g/mol. The molecular formula is C16H33N3. The van der Waals surface area contributed by atoms with Crippen LogP contribution in [-0.2, 0) is 0 Å². The molecule has 19 heavy (non-hydrogen) atoms. The molecule has 0 aromatic rings. The molecule has 0 spiro atoms. The summed E-state index contributed by atoms with van der Waals surface area (Å²) in [4.78, 5) is 5.42. The van der Waals surface area contributed by atoms with E-state index in [1.165, 1.54) is 77.5 Å². The zero-order valence-electron chi connectivity index (χ0n) is 12.8. The second-order valence-corrected chi connectivity index (χ2v) is 6.40. The molecule has 0 aliphatic carbocycles. The first-order valence-electron chi connectivity index (χ1n) is 8.53. The lowest BCUT2D eigenvalue weighted by Crippen LogP contribution is -2.50. The predicted molar refractivity (Wildman–Crippen MR) is 82.4 cm³/mol. The van der Waals surface area contributed by atoms with Crippen molar-refractivity contribution in [3.8, 4) is 0 Å². The van der Waals surface area contributed by atoms with Crippen LogP contribution in [0.1, 0.15) is 58.3 Å². The topological polar surface area (TPSA) is 32.5 Å². The smallest absolute Gasteiger partial charge is 0.0218 e. The van der Waals surface area contributed by atoms with Crippen LogP contribution in [0.3, 0.4) is 0 Å². The van der Waals surface area contributed by atoms with Gasteiger partial charge in [0.1, 0.15) is 0 Å². The van der Waals surface area contributed by atoms with E-state index in [0.29, 0.717) is 6.04 Å². The Balaban J connectivity index is 1.74. The summed E-state index contributed by atoms with van der Waals surface area (Å²) in [6.45, 7) is 8.35. The maximum absolute atomic E-state index is 5.97. The third-order valence-corrected chi connectivity index (χ3v) is 5.09. The van der Waals surface area contributed by atoms with Crippen molar-refractivity contribution < 1.29 is 0 Å². The maximum Gasteiger partial charge on any atom is 0.0218 e. The van der Waals surface area contributed by atoms with Crippen LogP contribution >= 0.6 is 0 Å². The zero-order valence-corrected chi connectivity index (χ0v) is 12.8. The van der Waals surface area contributed by atoms with Crippen molar-refractivity contribution in [1.29, 1.82) is 0 Å². The Bertz CT molecular complexity index is 230. The molecule has 1 atom stereocenters. The summed E-state index contributed by atoms with van der Waals surface area (Å²) in [6, 6.07) is 1.50. The fraction of sp³-hybridized carbons (Fsp3) is 1.00. The van der Waals surface area contributed by atoms with Gasteiger partial charge in [-0.15, -0.1) is 0 Å². The highest BCUT2D eigenvalue weighted by atomic mass is 15.2. The molecule has 2 N–H and O–H groups in total. The van der Waals surface area contributed by atoms with Gasteiger partial charge in [0.15, 0.2) is 0 Å². The SMILES string of the molecule is CCCCC(CN)N1CCC(N2CCCCC2)CC1. The predicted octanol–water partition coefficient (Wildman–Crippen LogP) is 2.45. The quantitative estimate of drug-likeness (QED) is 0.802. The lowest BCUT2D eigenvalue weighted by atomic mass is 9.97. The summed E-state index contributed by atoms with van der Waals surface area (Å²) in [5.74, 6) is 0. The van der Waals surface area contributed by atoms with Crippen LogP contribution in [0.5, 0.6) is 0 Å². The number of nitrogens with two attached hydrogens (primary N) is 1. The van der Waals surface area contributed by atoms with Crippen molar-refractivity contribution in [2.24, 2.45) is 5.73 Å². The highest BCUT2D eigenvalue weighted by Crippen LogP contribution is 2.22. The Labute approximate surface area is 119 Å². The lowest BCUT2D eigenvalue weighted by Gasteiger charge is -2.42. The van der Waals surface area contributed by atoms with E-state index in [2.05, 4.69) is 16.7 Å². The normalized spacial score (nSPS) is 25.6. The fourth-order valence-corrected chi connectivity index (χ4v) is 3.79. The highest BCUT2D eigenvalue weighted by molar-refractivity contribution is 4.84. The Morgan fingerprint density at radius 3 is 2.32 bits per heavy atom. The molecule has 0 radical (unpaired) electrons.